The van der Waals surface area contributed by atoms with Gasteiger partial charge in [0.15, 0.2) is 5.82 Å². The van der Waals surface area contributed by atoms with Gasteiger partial charge in [0.2, 0.25) is 11.0 Å². The number of ether oxygens (including phenoxy) is 1. The van der Waals surface area contributed by atoms with Crippen molar-refractivity contribution in [1.29, 1.82) is 0 Å². The summed E-state index contributed by atoms with van der Waals surface area (Å²) in [4.78, 5) is 15.4. The van der Waals surface area contributed by atoms with Gasteiger partial charge in [0, 0.05) is 5.92 Å². The molecule has 0 spiro atoms. The van der Waals surface area contributed by atoms with E-state index in [1.54, 1.807) is 0 Å². The summed E-state index contributed by atoms with van der Waals surface area (Å²) in [6, 6.07) is 0. The zero-order chi connectivity index (χ0) is 14.5. The zero-order valence-corrected chi connectivity index (χ0v) is 12.1. The minimum Gasteiger partial charge on any atom is -0.468 e. The van der Waals surface area contributed by atoms with Gasteiger partial charge in [-0.05, 0) is 10.4 Å². The van der Waals surface area contributed by atoms with Gasteiger partial charge in [-0.25, -0.2) is 4.68 Å². The van der Waals surface area contributed by atoms with Crippen LogP contribution in [0.15, 0.2) is 9.68 Å². The SMILES string of the molecule is COC(=O)Cn1nnnc1SCc1noc(C(C)C)n1. The van der Waals surface area contributed by atoms with E-state index in [0.717, 1.165) is 0 Å². The molecule has 10 heteroatoms. The Kier molecular flexibility index (Phi) is 4.66. The van der Waals surface area contributed by atoms with Crippen LogP contribution in [0.25, 0.3) is 0 Å². The second-order valence-corrected chi connectivity index (χ2v) is 5.13. The van der Waals surface area contributed by atoms with Crippen molar-refractivity contribution in [2.75, 3.05) is 7.11 Å². The van der Waals surface area contributed by atoms with Gasteiger partial charge in [-0.2, -0.15) is 4.98 Å². The Balaban J connectivity index is 1.96. The average molecular weight is 298 g/mol. The zero-order valence-electron chi connectivity index (χ0n) is 11.3. The highest BCUT2D eigenvalue weighted by atomic mass is 32.2. The van der Waals surface area contributed by atoms with E-state index in [2.05, 4.69) is 30.4 Å². The van der Waals surface area contributed by atoms with Crippen LogP contribution in [0.3, 0.4) is 0 Å². The van der Waals surface area contributed by atoms with E-state index in [1.165, 1.54) is 23.6 Å². The van der Waals surface area contributed by atoms with Crippen LogP contribution in [0.2, 0.25) is 0 Å². The molecule has 2 heterocycles. The third-order valence-corrected chi connectivity index (χ3v) is 3.27. The number of aromatic nitrogens is 6. The van der Waals surface area contributed by atoms with Gasteiger partial charge in [-0.1, -0.05) is 30.8 Å². The molecule has 2 aromatic heterocycles. The van der Waals surface area contributed by atoms with E-state index in [9.17, 15) is 4.79 Å². The normalized spacial score (nSPS) is 11.0. The van der Waals surface area contributed by atoms with Crippen molar-refractivity contribution < 1.29 is 14.1 Å². The molecule has 9 nitrogen and oxygen atoms in total. The first kappa shape index (κ1) is 14.4. The molecule has 0 fully saturated rings. The number of thioether (sulfide) groups is 1. The fourth-order valence-electron chi connectivity index (χ4n) is 1.28. The Bertz CT molecular complexity index is 581. The summed E-state index contributed by atoms with van der Waals surface area (Å²) >= 11 is 1.32. The molecule has 0 aromatic carbocycles. The number of hydrogen-bond donors (Lipinski definition) is 0. The standard InChI is InChI=1S/C10H14N6O3S/c1-6(2)9-11-7(13-19-9)5-20-10-12-14-15-16(10)4-8(17)18-3/h6H,4-5H2,1-3H3. The van der Waals surface area contributed by atoms with Crippen molar-refractivity contribution in [2.45, 2.75) is 37.2 Å². The number of tetrazole rings is 1. The van der Waals surface area contributed by atoms with Gasteiger partial charge >= 0.3 is 5.97 Å². The highest BCUT2D eigenvalue weighted by Gasteiger charge is 2.14. The van der Waals surface area contributed by atoms with Gasteiger partial charge < -0.3 is 9.26 Å². The average Bonchev–Trinajstić information content (AvgIpc) is 3.05. The monoisotopic (exact) mass is 298 g/mol. The first-order valence-electron chi connectivity index (χ1n) is 5.88. The minimum atomic E-state index is -0.416. The molecular weight excluding hydrogens is 284 g/mol. The van der Waals surface area contributed by atoms with E-state index in [1.807, 2.05) is 13.8 Å². The van der Waals surface area contributed by atoms with Crippen LogP contribution in [0.1, 0.15) is 31.5 Å². The van der Waals surface area contributed by atoms with E-state index in [4.69, 9.17) is 4.52 Å². The maximum Gasteiger partial charge on any atom is 0.327 e. The molecule has 108 valence electrons. The number of carbonyl (C=O) groups excluding carboxylic acids is 1. The summed E-state index contributed by atoms with van der Waals surface area (Å²) in [6.07, 6.45) is 0. The summed E-state index contributed by atoms with van der Waals surface area (Å²) in [5.74, 6) is 1.38. The molecule has 0 aliphatic rings. The lowest BCUT2D eigenvalue weighted by Gasteiger charge is -2.01. The smallest absolute Gasteiger partial charge is 0.327 e. The second kappa shape index (κ2) is 6.46. The maximum atomic E-state index is 11.2. The van der Waals surface area contributed by atoms with Crippen LogP contribution in [0.5, 0.6) is 0 Å². The summed E-state index contributed by atoms with van der Waals surface area (Å²) in [7, 11) is 1.31. The number of esters is 1. The predicted octanol–water partition coefficient (Wildman–Crippen LogP) is 0.645. The van der Waals surface area contributed by atoms with Gasteiger partial charge in [0.05, 0.1) is 12.9 Å². The third kappa shape index (κ3) is 3.53. The van der Waals surface area contributed by atoms with Gasteiger partial charge in [0.1, 0.15) is 6.54 Å². The van der Waals surface area contributed by atoms with Gasteiger partial charge in [-0.3, -0.25) is 4.79 Å². The lowest BCUT2D eigenvalue weighted by Crippen LogP contribution is -2.13. The van der Waals surface area contributed by atoms with E-state index < -0.39 is 5.97 Å². The molecule has 2 rings (SSSR count). The molecule has 2 aromatic rings. The fourth-order valence-corrected chi connectivity index (χ4v) is 2.00. The molecule has 0 saturated carbocycles. The van der Waals surface area contributed by atoms with Crippen LogP contribution >= 0.6 is 11.8 Å². The summed E-state index contributed by atoms with van der Waals surface area (Å²) < 4.78 is 11.0. The highest BCUT2D eigenvalue weighted by Crippen LogP contribution is 2.19. The number of methoxy groups -OCH3 is 1. The molecule has 0 aliphatic heterocycles. The Morgan fingerprint density at radius 2 is 2.30 bits per heavy atom. The summed E-state index contributed by atoms with van der Waals surface area (Å²) in [5.41, 5.74) is 0. The molecular formula is C10H14N6O3S. The maximum absolute atomic E-state index is 11.2. The predicted molar refractivity (Wildman–Crippen MR) is 67.8 cm³/mol. The molecule has 0 bridgehead atoms. The van der Waals surface area contributed by atoms with E-state index in [0.29, 0.717) is 22.6 Å². The molecule has 0 atom stereocenters. The minimum absolute atomic E-state index is 0.0324. The molecule has 0 radical (unpaired) electrons. The third-order valence-electron chi connectivity index (χ3n) is 2.31. The topological polar surface area (TPSA) is 109 Å². The lowest BCUT2D eigenvalue weighted by atomic mass is 10.2. The van der Waals surface area contributed by atoms with Crippen LogP contribution < -0.4 is 0 Å². The Labute approximate surface area is 119 Å². The highest BCUT2D eigenvalue weighted by molar-refractivity contribution is 7.98. The first-order chi connectivity index (χ1) is 9.60. The Hall–Kier alpha value is -1.97. The van der Waals surface area contributed by atoms with E-state index >= 15 is 0 Å². The molecule has 0 N–H and O–H groups in total. The summed E-state index contributed by atoms with van der Waals surface area (Å²) in [5, 5.41) is 15.4. The molecule has 0 amide bonds. The Morgan fingerprint density at radius 3 is 2.95 bits per heavy atom. The quantitative estimate of drug-likeness (QED) is 0.560. The van der Waals surface area contributed by atoms with Crippen molar-refractivity contribution in [2.24, 2.45) is 0 Å². The number of rotatable bonds is 6. The van der Waals surface area contributed by atoms with Crippen molar-refractivity contribution in [3.8, 4) is 0 Å². The summed E-state index contributed by atoms with van der Waals surface area (Å²) in [6.45, 7) is 3.91. The number of nitrogens with zero attached hydrogens (tertiary/aromatic N) is 6. The van der Waals surface area contributed by atoms with E-state index in [-0.39, 0.29) is 12.5 Å². The van der Waals surface area contributed by atoms with Crippen LogP contribution in [0, 0.1) is 0 Å². The Morgan fingerprint density at radius 1 is 1.50 bits per heavy atom. The second-order valence-electron chi connectivity index (χ2n) is 4.19. The molecule has 0 aliphatic carbocycles. The van der Waals surface area contributed by atoms with Crippen molar-refractivity contribution in [1.82, 2.24) is 30.3 Å². The van der Waals surface area contributed by atoms with Gasteiger partial charge in [-0.15, -0.1) is 5.10 Å². The van der Waals surface area contributed by atoms with Crippen LogP contribution in [-0.2, 0) is 21.8 Å². The van der Waals surface area contributed by atoms with Crippen LogP contribution in [0.4, 0.5) is 0 Å². The lowest BCUT2D eigenvalue weighted by molar-refractivity contribution is -0.141. The van der Waals surface area contributed by atoms with Gasteiger partial charge in [0.25, 0.3) is 0 Å². The number of hydrogen-bond acceptors (Lipinski definition) is 9. The first-order valence-corrected chi connectivity index (χ1v) is 6.87. The molecule has 0 saturated heterocycles. The largest absolute Gasteiger partial charge is 0.468 e. The van der Waals surface area contributed by atoms with Crippen LogP contribution in [-0.4, -0.2) is 43.4 Å². The van der Waals surface area contributed by atoms with Crippen molar-refractivity contribution >= 4 is 17.7 Å². The van der Waals surface area contributed by atoms with Crippen molar-refractivity contribution in [3.05, 3.63) is 11.7 Å². The number of carbonyl (C=O) groups is 1. The molecule has 0 unspecified atom stereocenters. The van der Waals surface area contributed by atoms with Crippen molar-refractivity contribution in [3.63, 3.8) is 0 Å². The molecule has 20 heavy (non-hydrogen) atoms. The fraction of sp³-hybridized carbons (Fsp3) is 0.600.